The Bertz CT molecular complexity index is 486. The normalized spacial score (nSPS) is 10.8. The zero-order valence-electron chi connectivity index (χ0n) is 9.14. The standard InChI is InChI=1S/C11H9Cl2FN2O/c1-11(2,5-15)10(17)16-9-7(12)3-6(14)4-8(9)13/h3-4H,1-2H3,(H,16,17). The van der Waals surface area contributed by atoms with Gasteiger partial charge >= 0.3 is 0 Å². The van der Waals surface area contributed by atoms with E-state index in [2.05, 4.69) is 5.32 Å². The summed E-state index contributed by atoms with van der Waals surface area (Å²) in [5.41, 5.74) is -1.12. The van der Waals surface area contributed by atoms with E-state index in [9.17, 15) is 9.18 Å². The molecule has 3 nitrogen and oxygen atoms in total. The van der Waals surface area contributed by atoms with Crippen molar-refractivity contribution in [3.63, 3.8) is 0 Å². The number of anilines is 1. The average molecular weight is 275 g/mol. The van der Waals surface area contributed by atoms with Gasteiger partial charge in [-0.05, 0) is 26.0 Å². The molecule has 1 aromatic carbocycles. The van der Waals surface area contributed by atoms with E-state index in [1.807, 2.05) is 6.07 Å². The Kier molecular flexibility index (Phi) is 3.97. The first kappa shape index (κ1) is 13.8. The zero-order valence-corrected chi connectivity index (χ0v) is 10.7. The van der Waals surface area contributed by atoms with Gasteiger partial charge in [-0.2, -0.15) is 5.26 Å². The van der Waals surface area contributed by atoms with Crippen molar-refractivity contribution in [1.29, 1.82) is 5.26 Å². The molecular weight excluding hydrogens is 266 g/mol. The number of hydrogen-bond donors (Lipinski definition) is 1. The molecule has 0 aliphatic carbocycles. The molecule has 1 amide bonds. The quantitative estimate of drug-likeness (QED) is 0.896. The van der Waals surface area contributed by atoms with Crippen molar-refractivity contribution in [3.8, 4) is 6.07 Å². The Labute approximate surface area is 108 Å². The summed E-state index contributed by atoms with van der Waals surface area (Å²) in [6, 6.07) is 3.90. The predicted octanol–water partition coefficient (Wildman–Crippen LogP) is 3.62. The molecule has 0 spiro atoms. The fourth-order valence-electron chi connectivity index (χ4n) is 0.982. The fraction of sp³-hybridized carbons (Fsp3) is 0.273. The van der Waals surface area contributed by atoms with Crippen LogP contribution in [0.1, 0.15) is 13.8 Å². The first-order valence-corrected chi connectivity index (χ1v) is 5.41. The van der Waals surface area contributed by atoms with Crippen molar-refractivity contribution >= 4 is 34.8 Å². The lowest BCUT2D eigenvalue weighted by Gasteiger charge is -2.16. The lowest BCUT2D eigenvalue weighted by atomic mass is 9.94. The molecule has 17 heavy (non-hydrogen) atoms. The average Bonchev–Trinajstić information content (AvgIpc) is 2.22. The van der Waals surface area contributed by atoms with E-state index in [4.69, 9.17) is 28.5 Å². The largest absolute Gasteiger partial charge is 0.322 e. The highest BCUT2D eigenvalue weighted by Crippen LogP contribution is 2.32. The zero-order chi connectivity index (χ0) is 13.2. The number of rotatable bonds is 2. The van der Waals surface area contributed by atoms with Crippen molar-refractivity contribution in [2.45, 2.75) is 13.8 Å². The summed E-state index contributed by atoms with van der Waals surface area (Å²) in [4.78, 5) is 11.7. The number of halogens is 3. The first-order chi connectivity index (χ1) is 7.77. The van der Waals surface area contributed by atoms with Crippen molar-refractivity contribution in [1.82, 2.24) is 0 Å². The fourth-order valence-corrected chi connectivity index (χ4v) is 1.54. The molecule has 0 bridgehead atoms. The van der Waals surface area contributed by atoms with Crippen LogP contribution in [0.15, 0.2) is 12.1 Å². The molecule has 0 aliphatic rings. The third-order valence-electron chi connectivity index (χ3n) is 2.09. The molecule has 0 saturated carbocycles. The van der Waals surface area contributed by atoms with Gasteiger partial charge in [-0.1, -0.05) is 23.2 Å². The topological polar surface area (TPSA) is 52.9 Å². The van der Waals surface area contributed by atoms with Crippen LogP contribution in [-0.2, 0) is 4.79 Å². The number of nitrogens with one attached hydrogen (secondary N) is 1. The highest BCUT2D eigenvalue weighted by molar-refractivity contribution is 6.39. The summed E-state index contributed by atoms with van der Waals surface area (Å²) in [5.74, 6) is -1.16. The van der Waals surface area contributed by atoms with Crippen molar-refractivity contribution in [3.05, 3.63) is 28.0 Å². The van der Waals surface area contributed by atoms with Gasteiger partial charge in [0.25, 0.3) is 0 Å². The van der Waals surface area contributed by atoms with Gasteiger partial charge in [0.1, 0.15) is 11.2 Å². The molecule has 0 saturated heterocycles. The van der Waals surface area contributed by atoms with Crippen molar-refractivity contribution in [2.24, 2.45) is 5.41 Å². The van der Waals surface area contributed by atoms with Crippen LogP contribution in [0.3, 0.4) is 0 Å². The lowest BCUT2D eigenvalue weighted by Crippen LogP contribution is -2.29. The van der Waals surface area contributed by atoms with Crippen LogP contribution >= 0.6 is 23.2 Å². The molecule has 1 rings (SSSR count). The first-order valence-electron chi connectivity index (χ1n) is 4.65. The molecule has 1 aromatic rings. The van der Waals surface area contributed by atoms with E-state index >= 15 is 0 Å². The minimum Gasteiger partial charge on any atom is -0.322 e. The van der Waals surface area contributed by atoms with E-state index in [0.29, 0.717) is 0 Å². The molecule has 0 aliphatic heterocycles. The number of carbonyl (C=O) groups is 1. The second-order valence-corrected chi connectivity index (χ2v) is 4.75. The second-order valence-electron chi connectivity index (χ2n) is 3.94. The summed E-state index contributed by atoms with van der Waals surface area (Å²) in [5, 5.41) is 11.2. The summed E-state index contributed by atoms with van der Waals surface area (Å²) < 4.78 is 12.9. The third kappa shape index (κ3) is 3.09. The van der Waals surface area contributed by atoms with Gasteiger partial charge in [0.15, 0.2) is 0 Å². The maximum atomic E-state index is 12.9. The number of amides is 1. The minimum absolute atomic E-state index is 0.0166. The van der Waals surface area contributed by atoms with E-state index in [-0.39, 0.29) is 15.7 Å². The van der Waals surface area contributed by atoms with Gasteiger partial charge in [-0.3, -0.25) is 4.79 Å². The maximum absolute atomic E-state index is 12.9. The van der Waals surface area contributed by atoms with Crippen LogP contribution in [0.2, 0.25) is 10.0 Å². The highest BCUT2D eigenvalue weighted by Gasteiger charge is 2.28. The van der Waals surface area contributed by atoms with Crippen LogP contribution in [0.4, 0.5) is 10.1 Å². The maximum Gasteiger partial charge on any atom is 0.244 e. The molecular formula is C11H9Cl2FN2O. The molecule has 0 heterocycles. The second kappa shape index (κ2) is 4.91. The lowest BCUT2D eigenvalue weighted by molar-refractivity contribution is -0.121. The summed E-state index contributed by atoms with van der Waals surface area (Å²) in [7, 11) is 0. The van der Waals surface area contributed by atoms with Crippen LogP contribution in [0.25, 0.3) is 0 Å². The number of carbonyl (C=O) groups excluding carboxylic acids is 1. The minimum atomic E-state index is -1.22. The summed E-state index contributed by atoms with van der Waals surface area (Å²) >= 11 is 11.5. The molecule has 0 atom stereocenters. The number of benzene rings is 1. The Balaban J connectivity index is 3.06. The van der Waals surface area contributed by atoms with Crippen molar-refractivity contribution in [2.75, 3.05) is 5.32 Å². The monoisotopic (exact) mass is 274 g/mol. The van der Waals surface area contributed by atoms with Gasteiger partial charge in [0.2, 0.25) is 5.91 Å². The Morgan fingerprint density at radius 3 is 2.29 bits per heavy atom. The smallest absolute Gasteiger partial charge is 0.244 e. The summed E-state index contributed by atoms with van der Waals surface area (Å²) in [6.07, 6.45) is 0. The van der Waals surface area contributed by atoms with E-state index in [1.165, 1.54) is 13.8 Å². The van der Waals surface area contributed by atoms with Crippen molar-refractivity contribution < 1.29 is 9.18 Å². The molecule has 90 valence electrons. The van der Waals surface area contributed by atoms with Crippen LogP contribution in [-0.4, -0.2) is 5.91 Å². The van der Waals surface area contributed by atoms with E-state index in [0.717, 1.165) is 12.1 Å². The molecule has 0 radical (unpaired) electrons. The van der Waals surface area contributed by atoms with Gasteiger partial charge < -0.3 is 5.32 Å². The van der Waals surface area contributed by atoms with Crippen LogP contribution < -0.4 is 5.32 Å². The van der Waals surface area contributed by atoms with Crippen LogP contribution in [0, 0.1) is 22.6 Å². The third-order valence-corrected chi connectivity index (χ3v) is 2.69. The molecule has 6 heteroatoms. The molecule has 1 N–H and O–H groups in total. The Hall–Kier alpha value is -1.31. The van der Waals surface area contributed by atoms with Gasteiger partial charge in [0, 0.05) is 0 Å². The Morgan fingerprint density at radius 2 is 1.88 bits per heavy atom. The SMILES string of the molecule is CC(C)(C#N)C(=O)Nc1c(Cl)cc(F)cc1Cl. The number of nitriles is 1. The van der Waals surface area contributed by atoms with Crippen LogP contribution in [0.5, 0.6) is 0 Å². The van der Waals surface area contributed by atoms with E-state index < -0.39 is 17.1 Å². The Morgan fingerprint density at radius 1 is 1.41 bits per heavy atom. The number of nitrogens with zero attached hydrogens (tertiary/aromatic N) is 1. The highest BCUT2D eigenvalue weighted by atomic mass is 35.5. The molecule has 0 unspecified atom stereocenters. The van der Waals surface area contributed by atoms with Gasteiger partial charge in [-0.25, -0.2) is 4.39 Å². The van der Waals surface area contributed by atoms with Gasteiger partial charge in [-0.15, -0.1) is 0 Å². The predicted molar refractivity (Wildman–Crippen MR) is 64.4 cm³/mol. The van der Waals surface area contributed by atoms with Gasteiger partial charge in [0.05, 0.1) is 21.8 Å². The molecule has 0 aromatic heterocycles. The number of hydrogen-bond acceptors (Lipinski definition) is 2. The molecule has 0 fully saturated rings. The van der Waals surface area contributed by atoms with E-state index in [1.54, 1.807) is 0 Å². The summed E-state index contributed by atoms with van der Waals surface area (Å²) in [6.45, 7) is 2.90.